The number of Topliss-reactive ketones (excluding diaryl/α,β-unsaturated/α-hetero) is 1. The quantitative estimate of drug-likeness (QED) is 0.537. The summed E-state index contributed by atoms with van der Waals surface area (Å²) in [5.41, 5.74) is 0. The van der Waals surface area contributed by atoms with E-state index in [-0.39, 0.29) is 18.8 Å². The van der Waals surface area contributed by atoms with E-state index in [0.717, 1.165) is 0 Å². The van der Waals surface area contributed by atoms with Gasteiger partial charge in [0.05, 0.1) is 12.7 Å². The molecule has 0 aliphatic carbocycles. The van der Waals surface area contributed by atoms with Crippen LogP contribution in [0.3, 0.4) is 0 Å². The Kier molecular flexibility index (Phi) is 4.00. The van der Waals surface area contributed by atoms with Crippen LogP contribution in [0, 0.1) is 0 Å². The van der Waals surface area contributed by atoms with Crippen LogP contribution in [0.25, 0.3) is 0 Å². The molecule has 0 aromatic heterocycles. The molecule has 0 spiro atoms. The standard InChI is InChI=1S/C9H16O5/c1-2-5(11)3-6-8(12)9(13)7(4-10)14-6/h6-10,12-13H,2-4H2,1H3/t6-,7+,8+,9-/m0/s1. The molecule has 3 N–H and O–H groups in total. The third kappa shape index (κ3) is 2.30. The largest absolute Gasteiger partial charge is 0.394 e. The lowest BCUT2D eigenvalue weighted by atomic mass is 10.0. The maximum absolute atomic E-state index is 11.1. The van der Waals surface area contributed by atoms with Crippen molar-refractivity contribution in [3.8, 4) is 0 Å². The van der Waals surface area contributed by atoms with Crippen molar-refractivity contribution < 1.29 is 24.9 Å². The second-order valence-corrected chi connectivity index (χ2v) is 3.47. The number of hydrogen-bond acceptors (Lipinski definition) is 5. The van der Waals surface area contributed by atoms with Crippen molar-refractivity contribution in [3.63, 3.8) is 0 Å². The molecule has 1 fully saturated rings. The molecule has 0 aromatic carbocycles. The van der Waals surface area contributed by atoms with Crippen LogP contribution in [0.5, 0.6) is 0 Å². The fraction of sp³-hybridized carbons (Fsp3) is 0.889. The number of aliphatic hydroxyl groups is 3. The molecule has 1 aliphatic heterocycles. The van der Waals surface area contributed by atoms with Gasteiger partial charge in [0, 0.05) is 12.8 Å². The lowest BCUT2D eigenvalue weighted by Crippen LogP contribution is -2.34. The molecule has 0 aromatic rings. The van der Waals surface area contributed by atoms with Crippen LogP contribution in [0.15, 0.2) is 0 Å². The van der Waals surface area contributed by atoms with Crippen molar-refractivity contribution in [1.29, 1.82) is 0 Å². The summed E-state index contributed by atoms with van der Waals surface area (Å²) < 4.78 is 5.14. The number of carbonyl (C=O) groups excluding carboxylic acids is 1. The van der Waals surface area contributed by atoms with Crippen molar-refractivity contribution in [2.75, 3.05) is 6.61 Å². The Bertz CT molecular complexity index is 205. The minimum absolute atomic E-state index is 0.0279. The van der Waals surface area contributed by atoms with Gasteiger partial charge in [-0.25, -0.2) is 0 Å². The zero-order chi connectivity index (χ0) is 10.7. The van der Waals surface area contributed by atoms with E-state index in [4.69, 9.17) is 9.84 Å². The molecular weight excluding hydrogens is 188 g/mol. The average molecular weight is 204 g/mol. The molecule has 1 rings (SSSR count). The van der Waals surface area contributed by atoms with Crippen molar-refractivity contribution in [1.82, 2.24) is 0 Å². The van der Waals surface area contributed by atoms with Gasteiger partial charge in [0.25, 0.3) is 0 Å². The van der Waals surface area contributed by atoms with Gasteiger partial charge in [0.2, 0.25) is 0 Å². The summed E-state index contributed by atoms with van der Waals surface area (Å²) in [5.74, 6) is -0.0279. The van der Waals surface area contributed by atoms with Crippen molar-refractivity contribution in [2.45, 2.75) is 44.2 Å². The van der Waals surface area contributed by atoms with E-state index in [0.29, 0.717) is 6.42 Å². The first-order valence-electron chi connectivity index (χ1n) is 4.74. The first-order chi connectivity index (χ1) is 6.60. The summed E-state index contributed by atoms with van der Waals surface area (Å²) >= 11 is 0. The maximum atomic E-state index is 11.1. The Labute approximate surface area is 82.3 Å². The summed E-state index contributed by atoms with van der Waals surface area (Å²) in [4.78, 5) is 11.1. The fourth-order valence-electron chi connectivity index (χ4n) is 1.51. The molecule has 14 heavy (non-hydrogen) atoms. The summed E-state index contributed by atoms with van der Waals surface area (Å²) in [6, 6.07) is 0. The van der Waals surface area contributed by atoms with E-state index in [1.54, 1.807) is 6.92 Å². The number of rotatable bonds is 4. The van der Waals surface area contributed by atoms with Gasteiger partial charge < -0.3 is 20.1 Å². The highest BCUT2D eigenvalue weighted by molar-refractivity contribution is 5.78. The highest BCUT2D eigenvalue weighted by Gasteiger charge is 2.42. The number of hydrogen-bond donors (Lipinski definition) is 3. The van der Waals surface area contributed by atoms with E-state index in [1.807, 2.05) is 0 Å². The number of carbonyl (C=O) groups is 1. The molecule has 5 nitrogen and oxygen atoms in total. The van der Waals surface area contributed by atoms with Gasteiger partial charge in [-0.2, -0.15) is 0 Å². The van der Waals surface area contributed by atoms with Gasteiger partial charge in [-0.05, 0) is 0 Å². The zero-order valence-electron chi connectivity index (χ0n) is 8.09. The SMILES string of the molecule is CCC(=O)C[C@@H]1O[C@H](CO)[C@H](O)[C@@H]1O. The summed E-state index contributed by atoms with van der Waals surface area (Å²) in [5, 5.41) is 27.6. The van der Waals surface area contributed by atoms with Gasteiger partial charge in [-0.3, -0.25) is 4.79 Å². The Morgan fingerprint density at radius 1 is 1.29 bits per heavy atom. The second-order valence-electron chi connectivity index (χ2n) is 3.47. The van der Waals surface area contributed by atoms with Gasteiger partial charge >= 0.3 is 0 Å². The van der Waals surface area contributed by atoms with Crippen LogP contribution >= 0.6 is 0 Å². The normalized spacial score (nSPS) is 37.4. The smallest absolute Gasteiger partial charge is 0.135 e. The summed E-state index contributed by atoms with van der Waals surface area (Å²) in [7, 11) is 0. The highest BCUT2D eigenvalue weighted by Crippen LogP contribution is 2.23. The first kappa shape index (κ1) is 11.6. The molecular formula is C9H16O5. The lowest BCUT2D eigenvalue weighted by Gasteiger charge is -2.12. The molecule has 1 saturated heterocycles. The van der Waals surface area contributed by atoms with E-state index in [9.17, 15) is 15.0 Å². The molecule has 4 atom stereocenters. The fourth-order valence-corrected chi connectivity index (χ4v) is 1.51. The molecule has 1 heterocycles. The van der Waals surface area contributed by atoms with Crippen LogP contribution < -0.4 is 0 Å². The zero-order valence-corrected chi connectivity index (χ0v) is 8.09. The van der Waals surface area contributed by atoms with E-state index < -0.39 is 24.4 Å². The Balaban J connectivity index is 2.52. The molecule has 5 heteroatoms. The molecule has 0 saturated carbocycles. The maximum Gasteiger partial charge on any atom is 0.135 e. The third-order valence-electron chi connectivity index (χ3n) is 2.46. The highest BCUT2D eigenvalue weighted by atomic mass is 16.6. The molecule has 0 unspecified atom stereocenters. The second kappa shape index (κ2) is 4.84. The van der Waals surface area contributed by atoms with E-state index >= 15 is 0 Å². The van der Waals surface area contributed by atoms with Gasteiger partial charge in [-0.15, -0.1) is 0 Å². The molecule has 82 valence electrons. The van der Waals surface area contributed by atoms with Crippen LogP contribution in [0.4, 0.5) is 0 Å². The Morgan fingerprint density at radius 3 is 2.29 bits per heavy atom. The first-order valence-corrected chi connectivity index (χ1v) is 4.74. The monoisotopic (exact) mass is 204 g/mol. The molecule has 1 aliphatic rings. The number of ketones is 1. The van der Waals surface area contributed by atoms with E-state index in [1.165, 1.54) is 0 Å². The van der Waals surface area contributed by atoms with Crippen molar-refractivity contribution in [3.05, 3.63) is 0 Å². The predicted molar refractivity (Wildman–Crippen MR) is 47.7 cm³/mol. The van der Waals surface area contributed by atoms with Crippen LogP contribution in [0.1, 0.15) is 19.8 Å². The summed E-state index contributed by atoms with van der Waals surface area (Å²) in [6.07, 6.45) is -3.18. The summed E-state index contributed by atoms with van der Waals surface area (Å²) in [6.45, 7) is 1.37. The number of ether oxygens (including phenoxy) is 1. The number of aliphatic hydroxyl groups excluding tert-OH is 3. The predicted octanol–water partition coefficient (Wildman–Crippen LogP) is -1.16. The van der Waals surface area contributed by atoms with Gasteiger partial charge in [0.15, 0.2) is 0 Å². The average Bonchev–Trinajstić information content (AvgIpc) is 2.45. The molecule has 0 amide bonds. The van der Waals surface area contributed by atoms with Crippen molar-refractivity contribution >= 4 is 5.78 Å². The molecule has 0 radical (unpaired) electrons. The Morgan fingerprint density at radius 2 is 1.86 bits per heavy atom. The van der Waals surface area contributed by atoms with Crippen LogP contribution in [0.2, 0.25) is 0 Å². The van der Waals surface area contributed by atoms with Gasteiger partial charge in [0.1, 0.15) is 24.1 Å². The third-order valence-corrected chi connectivity index (χ3v) is 2.46. The minimum Gasteiger partial charge on any atom is -0.394 e. The Hall–Kier alpha value is -0.490. The van der Waals surface area contributed by atoms with Gasteiger partial charge in [-0.1, -0.05) is 6.92 Å². The molecule has 0 bridgehead atoms. The topological polar surface area (TPSA) is 87.0 Å². The van der Waals surface area contributed by atoms with Crippen LogP contribution in [-0.4, -0.2) is 52.1 Å². The minimum atomic E-state index is -1.10. The van der Waals surface area contributed by atoms with Crippen molar-refractivity contribution in [2.24, 2.45) is 0 Å². The van der Waals surface area contributed by atoms with Crippen LogP contribution in [-0.2, 0) is 9.53 Å². The lowest BCUT2D eigenvalue weighted by molar-refractivity contribution is -0.123. The van der Waals surface area contributed by atoms with E-state index in [2.05, 4.69) is 0 Å².